The molecule has 2 unspecified atom stereocenters. The highest BCUT2D eigenvalue weighted by Crippen LogP contribution is 2.31. The number of rotatable bonds is 9. The summed E-state index contributed by atoms with van der Waals surface area (Å²) in [7, 11) is 3.20. The molecule has 2 fully saturated rings. The zero-order valence-electron chi connectivity index (χ0n) is 16.1. The summed E-state index contributed by atoms with van der Waals surface area (Å²) in [6.45, 7) is 5.50. The molecule has 0 aromatic heterocycles. The Balaban J connectivity index is 1.42. The number of anilines is 1. The van der Waals surface area contributed by atoms with E-state index in [1.54, 1.807) is 26.4 Å². The maximum absolute atomic E-state index is 12.4. The highest BCUT2D eigenvalue weighted by atomic mass is 16.5. The second-order valence-corrected chi connectivity index (χ2v) is 7.51. The van der Waals surface area contributed by atoms with Crippen LogP contribution in [-0.2, 0) is 4.79 Å². The summed E-state index contributed by atoms with van der Waals surface area (Å²) >= 11 is 0. The van der Waals surface area contributed by atoms with Gasteiger partial charge in [-0.3, -0.25) is 4.79 Å². The molecule has 0 spiro atoms. The average molecular weight is 361 g/mol. The number of hydrogen-bond acceptors (Lipinski definition) is 5. The van der Waals surface area contributed by atoms with Gasteiger partial charge < -0.3 is 25.0 Å². The van der Waals surface area contributed by atoms with Gasteiger partial charge in [0.2, 0.25) is 5.91 Å². The number of nitrogens with one attached hydrogen (secondary N) is 2. The van der Waals surface area contributed by atoms with E-state index >= 15 is 0 Å². The van der Waals surface area contributed by atoms with Crippen molar-refractivity contribution in [2.75, 3.05) is 39.2 Å². The quantitative estimate of drug-likeness (QED) is 0.708. The summed E-state index contributed by atoms with van der Waals surface area (Å²) in [5.74, 6) is 2.00. The topological polar surface area (TPSA) is 62.8 Å². The molecule has 1 amide bonds. The normalized spacial score (nSPS) is 21.4. The Morgan fingerprint density at radius 2 is 2.08 bits per heavy atom. The number of carbonyl (C=O) groups is 1. The molecule has 1 aromatic carbocycles. The van der Waals surface area contributed by atoms with Crippen molar-refractivity contribution < 1.29 is 14.3 Å². The SMILES string of the molecule is COc1ccc(OC)c(NC(=O)CC(C)NCC2CCN(C3CC3)C2)c1. The Labute approximate surface area is 156 Å². The van der Waals surface area contributed by atoms with Crippen LogP contribution in [0.25, 0.3) is 0 Å². The van der Waals surface area contributed by atoms with Crippen molar-refractivity contribution in [2.45, 2.75) is 44.7 Å². The molecule has 2 aliphatic rings. The molecule has 6 heteroatoms. The summed E-state index contributed by atoms with van der Waals surface area (Å²) in [6.07, 6.45) is 4.46. The molecule has 0 radical (unpaired) electrons. The molecular weight excluding hydrogens is 330 g/mol. The zero-order valence-corrected chi connectivity index (χ0v) is 16.1. The number of benzene rings is 1. The number of likely N-dealkylation sites (tertiary alicyclic amines) is 1. The van der Waals surface area contributed by atoms with Crippen LogP contribution in [0.4, 0.5) is 5.69 Å². The van der Waals surface area contributed by atoms with Crippen LogP contribution in [0.1, 0.15) is 32.6 Å². The molecule has 6 nitrogen and oxygen atoms in total. The van der Waals surface area contributed by atoms with E-state index in [1.165, 1.54) is 32.4 Å². The summed E-state index contributed by atoms with van der Waals surface area (Å²) in [5, 5.41) is 6.46. The summed E-state index contributed by atoms with van der Waals surface area (Å²) in [6, 6.07) is 6.38. The third-order valence-electron chi connectivity index (χ3n) is 5.31. The fourth-order valence-electron chi connectivity index (χ4n) is 3.63. The average Bonchev–Trinajstić information content (AvgIpc) is 3.38. The second kappa shape index (κ2) is 8.73. The molecule has 3 rings (SSSR count). The minimum absolute atomic E-state index is 0.0254. The number of methoxy groups -OCH3 is 2. The molecule has 1 heterocycles. The van der Waals surface area contributed by atoms with Gasteiger partial charge in [0.1, 0.15) is 11.5 Å². The van der Waals surface area contributed by atoms with Gasteiger partial charge in [0.15, 0.2) is 0 Å². The minimum atomic E-state index is -0.0254. The Bertz CT molecular complexity index is 618. The lowest BCUT2D eigenvalue weighted by Gasteiger charge is -2.18. The minimum Gasteiger partial charge on any atom is -0.497 e. The summed E-state index contributed by atoms with van der Waals surface area (Å²) in [5.41, 5.74) is 0.639. The number of carbonyl (C=O) groups excluding carboxylic acids is 1. The van der Waals surface area contributed by atoms with Crippen LogP contribution in [0.5, 0.6) is 11.5 Å². The van der Waals surface area contributed by atoms with Gasteiger partial charge in [-0.2, -0.15) is 0 Å². The van der Waals surface area contributed by atoms with Gasteiger partial charge in [-0.1, -0.05) is 0 Å². The van der Waals surface area contributed by atoms with Crippen molar-refractivity contribution in [1.82, 2.24) is 10.2 Å². The molecule has 1 saturated carbocycles. The van der Waals surface area contributed by atoms with Crippen molar-refractivity contribution in [3.63, 3.8) is 0 Å². The predicted octanol–water partition coefficient (Wildman–Crippen LogP) is 2.49. The second-order valence-electron chi connectivity index (χ2n) is 7.51. The van der Waals surface area contributed by atoms with Crippen LogP contribution in [0.3, 0.4) is 0 Å². The van der Waals surface area contributed by atoms with E-state index in [1.807, 2.05) is 6.07 Å². The van der Waals surface area contributed by atoms with E-state index in [4.69, 9.17) is 9.47 Å². The largest absolute Gasteiger partial charge is 0.497 e. The van der Waals surface area contributed by atoms with Gasteiger partial charge in [0.25, 0.3) is 0 Å². The molecule has 2 atom stereocenters. The Kier molecular flexibility index (Phi) is 6.38. The Morgan fingerprint density at radius 1 is 1.27 bits per heavy atom. The number of hydrogen-bond donors (Lipinski definition) is 2. The van der Waals surface area contributed by atoms with Crippen LogP contribution in [-0.4, -0.2) is 56.7 Å². The molecular formula is C20H31N3O3. The van der Waals surface area contributed by atoms with Crippen molar-refractivity contribution in [1.29, 1.82) is 0 Å². The third-order valence-corrected chi connectivity index (χ3v) is 5.31. The fraction of sp³-hybridized carbons (Fsp3) is 0.650. The Morgan fingerprint density at radius 3 is 2.77 bits per heavy atom. The van der Waals surface area contributed by atoms with E-state index in [2.05, 4.69) is 22.5 Å². The number of nitrogens with zero attached hydrogens (tertiary/aromatic N) is 1. The highest BCUT2D eigenvalue weighted by molar-refractivity contribution is 5.92. The maximum Gasteiger partial charge on any atom is 0.226 e. The zero-order chi connectivity index (χ0) is 18.5. The smallest absolute Gasteiger partial charge is 0.226 e. The molecule has 1 aliphatic carbocycles. The van der Waals surface area contributed by atoms with Crippen molar-refractivity contribution in [3.8, 4) is 11.5 Å². The lowest BCUT2D eigenvalue weighted by Crippen LogP contribution is -2.35. The number of ether oxygens (including phenoxy) is 2. The lowest BCUT2D eigenvalue weighted by atomic mass is 10.1. The van der Waals surface area contributed by atoms with Gasteiger partial charge in [-0.25, -0.2) is 0 Å². The first-order valence-corrected chi connectivity index (χ1v) is 9.58. The van der Waals surface area contributed by atoms with Crippen LogP contribution in [0.2, 0.25) is 0 Å². The van der Waals surface area contributed by atoms with E-state index in [-0.39, 0.29) is 11.9 Å². The van der Waals surface area contributed by atoms with Gasteiger partial charge in [0.05, 0.1) is 19.9 Å². The van der Waals surface area contributed by atoms with Gasteiger partial charge in [-0.05, 0) is 57.3 Å². The monoisotopic (exact) mass is 361 g/mol. The first kappa shape index (κ1) is 19.0. The molecule has 1 aromatic rings. The highest BCUT2D eigenvalue weighted by Gasteiger charge is 2.34. The standard InChI is InChI=1S/C20H31N3O3/c1-14(21-12-15-8-9-23(13-15)16-4-5-16)10-20(24)22-18-11-17(25-2)6-7-19(18)26-3/h6-7,11,14-16,21H,4-5,8-10,12-13H2,1-3H3,(H,22,24). The molecule has 0 bridgehead atoms. The van der Waals surface area contributed by atoms with E-state index in [0.29, 0.717) is 29.5 Å². The van der Waals surface area contributed by atoms with Gasteiger partial charge >= 0.3 is 0 Å². The molecule has 26 heavy (non-hydrogen) atoms. The third kappa shape index (κ3) is 5.11. The molecule has 2 N–H and O–H groups in total. The van der Waals surface area contributed by atoms with Crippen LogP contribution in [0.15, 0.2) is 18.2 Å². The maximum atomic E-state index is 12.4. The lowest BCUT2D eigenvalue weighted by molar-refractivity contribution is -0.116. The van der Waals surface area contributed by atoms with Gasteiger partial charge in [-0.15, -0.1) is 0 Å². The fourth-order valence-corrected chi connectivity index (χ4v) is 3.63. The molecule has 1 saturated heterocycles. The Hall–Kier alpha value is -1.79. The van der Waals surface area contributed by atoms with Crippen molar-refractivity contribution in [2.24, 2.45) is 5.92 Å². The van der Waals surface area contributed by atoms with Crippen LogP contribution in [0, 0.1) is 5.92 Å². The van der Waals surface area contributed by atoms with Crippen LogP contribution < -0.4 is 20.1 Å². The molecule has 1 aliphatic heterocycles. The van der Waals surface area contributed by atoms with Crippen molar-refractivity contribution >= 4 is 11.6 Å². The molecule has 144 valence electrons. The van der Waals surface area contributed by atoms with E-state index < -0.39 is 0 Å². The number of amides is 1. The van der Waals surface area contributed by atoms with Gasteiger partial charge in [0, 0.05) is 31.1 Å². The van der Waals surface area contributed by atoms with E-state index in [0.717, 1.165) is 12.6 Å². The van der Waals surface area contributed by atoms with Crippen molar-refractivity contribution in [3.05, 3.63) is 18.2 Å². The van der Waals surface area contributed by atoms with Crippen LogP contribution >= 0.6 is 0 Å². The summed E-state index contributed by atoms with van der Waals surface area (Å²) < 4.78 is 10.5. The van der Waals surface area contributed by atoms with E-state index in [9.17, 15) is 4.79 Å². The first-order valence-electron chi connectivity index (χ1n) is 9.58. The first-order chi connectivity index (χ1) is 12.6. The predicted molar refractivity (Wildman–Crippen MR) is 103 cm³/mol. The summed E-state index contributed by atoms with van der Waals surface area (Å²) in [4.78, 5) is 15.0.